The number of carbonyl (C=O) groups is 1. The molecular weight excluding hydrogens is 342 g/mol. The summed E-state index contributed by atoms with van der Waals surface area (Å²) in [7, 11) is 3.01. The molecule has 9 heteroatoms. The molecule has 0 saturated heterocycles. The number of nitrogens with zero attached hydrogens (tertiary/aromatic N) is 2. The number of aliphatic hydroxyl groups is 1. The monoisotopic (exact) mass is 365 g/mol. The Morgan fingerprint density at radius 3 is 2.46 bits per heavy atom. The Kier molecular flexibility index (Phi) is 8.48. The Morgan fingerprint density at radius 2 is 1.88 bits per heavy atom. The lowest BCUT2D eigenvalue weighted by Gasteiger charge is -2.09. The Labute approximate surface area is 151 Å². The summed E-state index contributed by atoms with van der Waals surface area (Å²) in [6.45, 7) is 3.49. The SMILES string of the molecule is CCOC(=O)C(=C(/O)OCC)/C(N)=N\N=C\c1cccc(OC)c1OC. The summed E-state index contributed by atoms with van der Waals surface area (Å²) < 4.78 is 20.2. The molecule has 0 aliphatic heterocycles. The van der Waals surface area contributed by atoms with E-state index >= 15 is 0 Å². The number of para-hydroxylation sites is 1. The van der Waals surface area contributed by atoms with E-state index in [4.69, 9.17) is 24.7 Å². The molecule has 0 spiro atoms. The number of rotatable bonds is 9. The van der Waals surface area contributed by atoms with Crippen molar-refractivity contribution in [3.05, 3.63) is 35.3 Å². The van der Waals surface area contributed by atoms with Gasteiger partial charge in [0.25, 0.3) is 5.95 Å². The second-order valence-electron chi connectivity index (χ2n) is 4.65. The normalized spacial score (nSPS) is 12.5. The fraction of sp³-hybridized carbons (Fsp3) is 0.353. The molecule has 0 atom stereocenters. The number of benzene rings is 1. The molecule has 0 amide bonds. The zero-order valence-electron chi connectivity index (χ0n) is 15.2. The lowest BCUT2D eigenvalue weighted by molar-refractivity contribution is -0.138. The van der Waals surface area contributed by atoms with Crippen LogP contribution in [0.4, 0.5) is 0 Å². The van der Waals surface area contributed by atoms with Gasteiger partial charge in [0.2, 0.25) is 0 Å². The molecule has 3 N–H and O–H groups in total. The zero-order chi connectivity index (χ0) is 19.5. The van der Waals surface area contributed by atoms with Crippen LogP contribution >= 0.6 is 0 Å². The van der Waals surface area contributed by atoms with E-state index in [-0.39, 0.29) is 19.0 Å². The van der Waals surface area contributed by atoms with Crippen LogP contribution in [0.2, 0.25) is 0 Å². The lowest BCUT2D eigenvalue weighted by atomic mass is 10.2. The van der Waals surface area contributed by atoms with Crippen LogP contribution in [0.25, 0.3) is 0 Å². The van der Waals surface area contributed by atoms with E-state index in [1.54, 1.807) is 32.0 Å². The molecule has 142 valence electrons. The highest BCUT2D eigenvalue weighted by Crippen LogP contribution is 2.29. The van der Waals surface area contributed by atoms with Crippen LogP contribution in [0.1, 0.15) is 19.4 Å². The minimum Gasteiger partial charge on any atom is -0.493 e. The molecule has 0 aromatic heterocycles. The summed E-state index contributed by atoms with van der Waals surface area (Å²) in [5.74, 6) is -0.914. The van der Waals surface area contributed by atoms with E-state index in [0.717, 1.165) is 0 Å². The van der Waals surface area contributed by atoms with E-state index in [0.29, 0.717) is 17.1 Å². The molecular formula is C17H23N3O6. The van der Waals surface area contributed by atoms with E-state index in [1.807, 2.05) is 0 Å². The predicted molar refractivity (Wildman–Crippen MR) is 96.7 cm³/mol. The van der Waals surface area contributed by atoms with Gasteiger partial charge in [-0.25, -0.2) is 4.79 Å². The van der Waals surface area contributed by atoms with Crippen LogP contribution in [0.5, 0.6) is 11.5 Å². The van der Waals surface area contributed by atoms with Gasteiger partial charge in [0, 0.05) is 5.56 Å². The number of amidine groups is 1. The Morgan fingerprint density at radius 1 is 1.19 bits per heavy atom. The molecule has 0 radical (unpaired) electrons. The van der Waals surface area contributed by atoms with Gasteiger partial charge in [-0.3, -0.25) is 0 Å². The summed E-state index contributed by atoms with van der Waals surface area (Å²) in [5.41, 5.74) is 5.94. The number of aliphatic hydroxyl groups excluding tert-OH is 1. The van der Waals surface area contributed by atoms with Crippen molar-refractivity contribution in [2.24, 2.45) is 15.9 Å². The van der Waals surface area contributed by atoms with Crippen LogP contribution in [-0.2, 0) is 14.3 Å². The number of hydrogen-bond acceptors (Lipinski definition) is 8. The quantitative estimate of drug-likeness (QED) is 0.171. The van der Waals surface area contributed by atoms with Gasteiger partial charge >= 0.3 is 5.97 Å². The summed E-state index contributed by atoms with van der Waals surface area (Å²) in [4.78, 5) is 11.9. The van der Waals surface area contributed by atoms with Crippen LogP contribution in [-0.4, -0.2) is 50.6 Å². The summed E-state index contributed by atoms with van der Waals surface area (Å²) in [6, 6.07) is 5.21. The first-order valence-corrected chi connectivity index (χ1v) is 7.81. The number of nitrogens with two attached hydrogens (primary N) is 1. The average Bonchev–Trinajstić information content (AvgIpc) is 2.62. The maximum Gasteiger partial charge on any atom is 0.349 e. The van der Waals surface area contributed by atoms with Crippen LogP contribution < -0.4 is 15.2 Å². The third kappa shape index (κ3) is 5.40. The highest BCUT2D eigenvalue weighted by molar-refractivity contribution is 6.18. The molecule has 0 heterocycles. The van der Waals surface area contributed by atoms with E-state index in [1.165, 1.54) is 20.4 Å². The van der Waals surface area contributed by atoms with E-state index < -0.39 is 17.5 Å². The highest BCUT2D eigenvalue weighted by Gasteiger charge is 2.22. The van der Waals surface area contributed by atoms with Crippen molar-refractivity contribution in [2.75, 3.05) is 27.4 Å². The fourth-order valence-electron chi connectivity index (χ4n) is 1.93. The van der Waals surface area contributed by atoms with Gasteiger partial charge in [0.05, 0.1) is 33.6 Å². The summed E-state index contributed by atoms with van der Waals surface area (Å²) >= 11 is 0. The Hall–Kier alpha value is -3.23. The second kappa shape index (κ2) is 10.6. The van der Waals surface area contributed by atoms with Crippen LogP contribution in [0, 0.1) is 0 Å². The first-order chi connectivity index (χ1) is 12.5. The minimum atomic E-state index is -0.867. The van der Waals surface area contributed by atoms with Crippen molar-refractivity contribution in [2.45, 2.75) is 13.8 Å². The minimum absolute atomic E-state index is 0.0965. The fourth-order valence-corrected chi connectivity index (χ4v) is 1.93. The third-order valence-electron chi connectivity index (χ3n) is 3.03. The molecule has 0 unspecified atom stereocenters. The number of hydrogen-bond donors (Lipinski definition) is 2. The molecule has 0 saturated carbocycles. The zero-order valence-corrected chi connectivity index (χ0v) is 15.2. The van der Waals surface area contributed by atoms with Gasteiger partial charge in [0.1, 0.15) is 0 Å². The third-order valence-corrected chi connectivity index (χ3v) is 3.03. The van der Waals surface area contributed by atoms with Gasteiger partial charge in [-0.05, 0) is 26.0 Å². The van der Waals surface area contributed by atoms with Gasteiger partial charge in [-0.2, -0.15) is 5.10 Å². The van der Waals surface area contributed by atoms with E-state index in [9.17, 15) is 9.90 Å². The predicted octanol–water partition coefficient (Wildman–Crippen LogP) is 1.76. The van der Waals surface area contributed by atoms with Crippen molar-refractivity contribution in [3.63, 3.8) is 0 Å². The van der Waals surface area contributed by atoms with E-state index in [2.05, 4.69) is 10.2 Å². The molecule has 1 aromatic rings. The average molecular weight is 365 g/mol. The standard InChI is InChI=1S/C17H23N3O6/c1-5-25-16(21)13(17(22)26-6-2)15(18)20-19-10-11-8-7-9-12(23-3)14(11)24-4/h7-10,21H,5-6H2,1-4H3,(H2,18,20)/b16-13-,19-10+. The molecule has 0 fully saturated rings. The molecule has 1 aromatic carbocycles. The van der Waals surface area contributed by atoms with Gasteiger partial charge < -0.3 is 29.8 Å². The van der Waals surface area contributed by atoms with Crippen LogP contribution in [0.15, 0.2) is 39.9 Å². The molecule has 0 bridgehead atoms. The highest BCUT2D eigenvalue weighted by atomic mass is 16.6. The lowest BCUT2D eigenvalue weighted by Crippen LogP contribution is -2.25. The van der Waals surface area contributed by atoms with Crippen molar-refractivity contribution in [1.82, 2.24) is 0 Å². The smallest absolute Gasteiger partial charge is 0.349 e. The van der Waals surface area contributed by atoms with Gasteiger partial charge in [-0.1, -0.05) is 6.07 Å². The maximum absolute atomic E-state index is 11.9. The summed E-state index contributed by atoms with van der Waals surface area (Å²) in [6.07, 6.45) is 1.37. The number of carbonyl (C=O) groups excluding carboxylic acids is 1. The van der Waals surface area contributed by atoms with Crippen molar-refractivity contribution in [1.29, 1.82) is 0 Å². The Bertz CT molecular complexity index is 712. The maximum atomic E-state index is 11.9. The second-order valence-corrected chi connectivity index (χ2v) is 4.65. The van der Waals surface area contributed by atoms with Gasteiger partial charge in [0.15, 0.2) is 22.9 Å². The molecule has 0 aliphatic rings. The number of methoxy groups -OCH3 is 2. The van der Waals surface area contributed by atoms with Crippen LogP contribution in [0.3, 0.4) is 0 Å². The molecule has 9 nitrogen and oxygen atoms in total. The van der Waals surface area contributed by atoms with Crippen molar-refractivity contribution < 1.29 is 28.8 Å². The molecule has 1 rings (SSSR count). The molecule has 26 heavy (non-hydrogen) atoms. The number of esters is 1. The summed E-state index contributed by atoms with van der Waals surface area (Å²) in [5, 5.41) is 17.4. The largest absolute Gasteiger partial charge is 0.493 e. The Balaban J connectivity index is 3.16. The number of ether oxygens (including phenoxy) is 4. The van der Waals surface area contributed by atoms with Crippen molar-refractivity contribution >= 4 is 18.0 Å². The van der Waals surface area contributed by atoms with Crippen molar-refractivity contribution in [3.8, 4) is 11.5 Å². The molecule has 0 aliphatic carbocycles. The topological polar surface area (TPSA) is 125 Å². The first-order valence-electron chi connectivity index (χ1n) is 7.81. The first kappa shape index (κ1) is 20.8. The van der Waals surface area contributed by atoms with Gasteiger partial charge in [-0.15, -0.1) is 5.10 Å².